The van der Waals surface area contributed by atoms with E-state index in [1.54, 1.807) is 12.1 Å². The average Bonchev–Trinajstić information content (AvgIpc) is 3.10. The molecular formula is C16H21N3O3S2. The minimum Gasteiger partial charge on any atom is -0.351 e. The molecule has 0 bridgehead atoms. The smallest absolute Gasteiger partial charge is 0.251 e. The van der Waals surface area contributed by atoms with E-state index < -0.39 is 10.0 Å². The molecule has 0 radical (unpaired) electrons. The van der Waals surface area contributed by atoms with Crippen molar-refractivity contribution in [3.8, 4) is 0 Å². The van der Waals surface area contributed by atoms with Crippen LogP contribution in [0.1, 0.15) is 22.2 Å². The quantitative estimate of drug-likeness (QED) is 0.587. The highest BCUT2D eigenvalue weighted by Crippen LogP contribution is 2.14. The van der Waals surface area contributed by atoms with Gasteiger partial charge in [-0.15, -0.1) is 11.3 Å². The minimum absolute atomic E-state index is 0.0818. The second-order valence-corrected chi connectivity index (χ2v) is 7.84. The molecule has 0 saturated carbocycles. The highest BCUT2D eigenvalue weighted by Gasteiger charge is 2.16. The third kappa shape index (κ3) is 5.41. The fourth-order valence-electron chi connectivity index (χ4n) is 2.01. The number of likely N-dealkylation sites (N-methyl/N-ethyl adjacent to an activating group) is 1. The Kier molecular flexibility index (Phi) is 6.92. The Morgan fingerprint density at radius 3 is 2.71 bits per heavy atom. The molecule has 8 heteroatoms. The van der Waals surface area contributed by atoms with E-state index in [1.807, 2.05) is 24.4 Å². The van der Waals surface area contributed by atoms with Gasteiger partial charge in [-0.2, -0.15) is 0 Å². The zero-order chi connectivity index (χ0) is 17.4. The normalized spacial score (nSPS) is 11.4. The van der Waals surface area contributed by atoms with E-state index in [2.05, 4.69) is 15.4 Å². The number of benzene rings is 1. The number of nitrogens with one attached hydrogen (secondary N) is 3. The van der Waals surface area contributed by atoms with Crippen LogP contribution in [0.3, 0.4) is 0 Å². The number of hydrogen-bond acceptors (Lipinski definition) is 5. The summed E-state index contributed by atoms with van der Waals surface area (Å²) < 4.78 is 27.3. The number of sulfonamides is 1. The van der Waals surface area contributed by atoms with Crippen molar-refractivity contribution in [2.45, 2.75) is 18.4 Å². The second-order valence-electron chi connectivity index (χ2n) is 5.04. The Labute approximate surface area is 146 Å². The largest absolute Gasteiger partial charge is 0.351 e. The molecule has 0 fully saturated rings. The molecule has 1 amide bonds. The van der Waals surface area contributed by atoms with Crippen LogP contribution in [0.15, 0.2) is 46.7 Å². The third-order valence-electron chi connectivity index (χ3n) is 3.26. The molecule has 1 aromatic carbocycles. The van der Waals surface area contributed by atoms with Gasteiger partial charge in [0.05, 0.1) is 4.90 Å². The van der Waals surface area contributed by atoms with Crippen LogP contribution >= 0.6 is 11.3 Å². The van der Waals surface area contributed by atoms with Crippen LogP contribution in [0.5, 0.6) is 0 Å². The van der Waals surface area contributed by atoms with Crippen LogP contribution in [0.2, 0.25) is 0 Å². The van der Waals surface area contributed by atoms with Gasteiger partial charge in [0.2, 0.25) is 10.0 Å². The van der Waals surface area contributed by atoms with Crippen LogP contribution < -0.4 is 15.4 Å². The lowest BCUT2D eigenvalue weighted by atomic mass is 10.2. The molecule has 0 saturated heterocycles. The van der Waals surface area contributed by atoms with Crippen LogP contribution in [-0.2, 0) is 16.6 Å². The molecule has 0 aliphatic rings. The molecule has 0 spiro atoms. The lowest BCUT2D eigenvalue weighted by Gasteiger charge is -2.09. The zero-order valence-corrected chi connectivity index (χ0v) is 15.0. The van der Waals surface area contributed by atoms with Crippen molar-refractivity contribution in [3.05, 3.63) is 52.2 Å². The summed E-state index contributed by atoms with van der Waals surface area (Å²) in [6.45, 7) is 4.21. The maximum Gasteiger partial charge on any atom is 0.251 e. The summed E-state index contributed by atoms with van der Waals surface area (Å²) in [6, 6.07) is 9.76. The van der Waals surface area contributed by atoms with E-state index >= 15 is 0 Å². The lowest BCUT2D eigenvalue weighted by Crippen LogP contribution is -2.32. The highest BCUT2D eigenvalue weighted by molar-refractivity contribution is 7.89. The van der Waals surface area contributed by atoms with Crippen LogP contribution in [0.4, 0.5) is 0 Å². The number of amides is 1. The predicted octanol–water partition coefficient (Wildman–Crippen LogP) is 1.57. The molecule has 6 nitrogen and oxygen atoms in total. The van der Waals surface area contributed by atoms with Gasteiger partial charge in [-0.1, -0.05) is 19.1 Å². The van der Waals surface area contributed by atoms with Gasteiger partial charge in [-0.25, -0.2) is 13.1 Å². The summed E-state index contributed by atoms with van der Waals surface area (Å²) in [5.74, 6) is -0.289. The average molecular weight is 367 g/mol. The van der Waals surface area contributed by atoms with E-state index in [0.29, 0.717) is 18.7 Å². The summed E-state index contributed by atoms with van der Waals surface area (Å²) in [7, 11) is -3.66. The third-order valence-corrected chi connectivity index (χ3v) is 5.54. The van der Waals surface area contributed by atoms with Gasteiger partial charge in [-0.05, 0) is 36.2 Å². The summed E-state index contributed by atoms with van der Waals surface area (Å²) in [4.78, 5) is 13.1. The highest BCUT2D eigenvalue weighted by atomic mass is 32.2. The summed E-state index contributed by atoms with van der Waals surface area (Å²) in [5, 5.41) is 7.74. The Bertz CT molecular complexity index is 759. The zero-order valence-electron chi connectivity index (χ0n) is 13.4. The van der Waals surface area contributed by atoms with E-state index in [4.69, 9.17) is 0 Å². The van der Waals surface area contributed by atoms with Gasteiger partial charge in [0.15, 0.2) is 0 Å². The van der Waals surface area contributed by atoms with E-state index in [-0.39, 0.29) is 17.3 Å². The van der Waals surface area contributed by atoms with Crippen LogP contribution in [0, 0.1) is 0 Å². The van der Waals surface area contributed by atoms with Crippen molar-refractivity contribution in [1.82, 2.24) is 15.4 Å². The van der Waals surface area contributed by atoms with Crippen molar-refractivity contribution >= 4 is 27.3 Å². The molecule has 1 aromatic heterocycles. The molecule has 0 atom stereocenters. The fourth-order valence-corrected chi connectivity index (χ4v) is 3.80. The van der Waals surface area contributed by atoms with Crippen LogP contribution in [0.25, 0.3) is 0 Å². The van der Waals surface area contributed by atoms with E-state index in [1.165, 1.54) is 23.5 Å². The van der Waals surface area contributed by atoms with Crippen molar-refractivity contribution in [3.63, 3.8) is 0 Å². The summed E-state index contributed by atoms with van der Waals surface area (Å²) >= 11 is 1.48. The molecular weight excluding hydrogens is 346 g/mol. The second kappa shape index (κ2) is 8.93. The molecule has 2 rings (SSSR count). The monoisotopic (exact) mass is 367 g/mol. The van der Waals surface area contributed by atoms with Crippen LogP contribution in [-0.4, -0.2) is 34.0 Å². The first kappa shape index (κ1) is 18.6. The number of carbonyl (C=O) groups excluding carboxylic acids is 1. The number of hydrogen-bond donors (Lipinski definition) is 3. The molecule has 24 heavy (non-hydrogen) atoms. The van der Waals surface area contributed by atoms with Crippen molar-refractivity contribution in [1.29, 1.82) is 0 Å². The van der Waals surface area contributed by atoms with Crippen molar-refractivity contribution in [2.75, 3.05) is 19.6 Å². The van der Waals surface area contributed by atoms with Gasteiger partial charge in [0.1, 0.15) is 0 Å². The van der Waals surface area contributed by atoms with Gasteiger partial charge >= 0.3 is 0 Å². The first-order valence-corrected chi connectivity index (χ1v) is 10.00. The maximum absolute atomic E-state index is 12.4. The molecule has 0 aliphatic carbocycles. The Hall–Kier alpha value is -1.74. The number of thiophene rings is 1. The maximum atomic E-state index is 12.4. The van der Waals surface area contributed by atoms with Crippen molar-refractivity contribution in [2.24, 2.45) is 0 Å². The topological polar surface area (TPSA) is 87.3 Å². The van der Waals surface area contributed by atoms with E-state index in [0.717, 1.165) is 11.4 Å². The molecule has 3 N–H and O–H groups in total. The Morgan fingerprint density at radius 2 is 2.00 bits per heavy atom. The predicted molar refractivity (Wildman–Crippen MR) is 95.7 cm³/mol. The van der Waals surface area contributed by atoms with Gasteiger partial charge in [0, 0.05) is 30.1 Å². The van der Waals surface area contributed by atoms with Crippen molar-refractivity contribution < 1.29 is 13.2 Å². The molecule has 130 valence electrons. The Balaban J connectivity index is 2.01. The summed E-state index contributed by atoms with van der Waals surface area (Å²) in [6.07, 6.45) is 0. The van der Waals surface area contributed by atoms with E-state index in [9.17, 15) is 13.2 Å². The molecule has 0 aliphatic heterocycles. The lowest BCUT2D eigenvalue weighted by molar-refractivity contribution is 0.0953. The number of rotatable bonds is 9. The Morgan fingerprint density at radius 1 is 1.17 bits per heavy atom. The standard InChI is InChI=1S/C16H21N3O3S2/c1-2-17-8-9-18-16(20)13-5-3-7-15(11-13)24(21,22)19-12-14-6-4-10-23-14/h3-7,10-11,17,19H,2,8-9,12H2,1H3,(H,18,20). The SMILES string of the molecule is CCNCCNC(=O)c1cccc(S(=O)(=O)NCc2cccs2)c1. The number of carbonyl (C=O) groups is 1. The minimum atomic E-state index is -3.66. The first-order valence-electron chi connectivity index (χ1n) is 7.64. The summed E-state index contributed by atoms with van der Waals surface area (Å²) in [5.41, 5.74) is 0.325. The molecule has 0 unspecified atom stereocenters. The molecule has 1 heterocycles. The van der Waals surface area contributed by atoms with Gasteiger partial charge < -0.3 is 10.6 Å². The van der Waals surface area contributed by atoms with Gasteiger partial charge in [-0.3, -0.25) is 4.79 Å². The molecule has 2 aromatic rings. The fraction of sp³-hybridized carbons (Fsp3) is 0.312. The first-order chi connectivity index (χ1) is 11.5. The van der Waals surface area contributed by atoms with Gasteiger partial charge in [0.25, 0.3) is 5.91 Å².